The van der Waals surface area contributed by atoms with E-state index < -0.39 is 18.1 Å². The van der Waals surface area contributed by atoms with Crippen LogP contribution in [-0.4, -0.2) is 47.0 Å². The van der Waals surface area contributed by atoms with Crippen LogP contribution in [0, 0.1) is 0 Å². The first-order valence-electron chi connectivity index (χ1n) is 9.14. The lowest BCUT2D eigenvalue weighted by Crippen LogP contribution is -2.41. The van der Waals surface area contributed by atoms with E-state index in [9.17, 15) is 9.90 Å². The van der Waals surface area contributed by atoms with Crippen molar-refractivity contribution in [2.75, 3.05) is 6.54 Å². The molecule has 1 aliphatic heterocycles. The molecule has 4 aromatic heterocycles. The molecule has 2 atom stereocenters. The minimum atomic E-state index is -0.970. The van der Waals surface area contributed by atoms with Crippen LogP contribution in [0.2, 0.25) is 5.15 Å². The highest BCUT2D eigenvalue weighted by atomic mass is 35.5. The number of halogens is 1. The molecule has 2 N–H and O–H groups in total. The summed E-state index contributed by atoms with van der Waals surface area (Å²) in [5.41, 5.74) is 3.29. The quantitative estimate of drug-likeness (QED) is 0.534. The Morgan fingerprint density at radius 3 is 3.07 bits per heavy atom. The van der Waals surface area contributed by atoms with Gasteiger partial charge in [0.05, 0.1) is 23.2 Å². The molecular weight excluding hydrogens is 396 g/mol. The SMILES string of the molecule is CC(O)c1nc(Cl)c(C(=O)N2CCc3[nH]cnc3C2c2cc3ccccn3n2)o1. The minimum Gasteiger partial charge on any atom is -0.431 e. The van der Waals surface area contributed by atoms with Gasteiger partial charge >= 0.3 is 0 Å². The molecule has 0 spiro atoms. The van der Waals surface area contributed by atoms with Crippen molar-refractivity contribution in [3.63, 3.8) is 0 Å². The number of carbonyl (C=O) groups excluding carboxylic acids is 1. The number of aliphatic hydroxyl groups excluding tert-OH is 1. The Kier molecular flexibility index (Phi) is 4.14. The van der Waals surface area contributed by atoms with Gasteiger partial charge in [-0.15, -0.1) is 0 Å². The van der Waals surface area contributed by atoms with Crippen LogP contribution in [0.25, 0.3) is 5.52 Å². The van der Waals surface area contributed by atoms with E-state index in [0.29, 0.717) is 18.7 Å². The lowest BCUT2D eigenvalue weighted by Gasteiger charge is -2.33. The largest absolute Gasteiger partial charge is 0.431 e. The fourth-order valence-corrected chi connectivity index (χ4v) is 3.85. The Bertz CT molecular complexity index is 1180. The number of oxazole rings is 1. The molecule has 0 saturated heterocycles. The second-order valence-electron chi connectivity index (χ2n) is 6.90. The number of hydrogen-bond donors (Lipinski definition) is 2. The molecule has 5 rings (SSSR count). The Morgan fingerprint density at radius 2 is 2.31 bits per heavy atom. The van der Waals surface area contributed by atoms with Gasteiger partial charge in [-0.05, 0) is 25.1 Å². The molecule has 1 aliphatic rings. The Balaban J connectivity index is 1.60. The molecule has 0 fully saturated rings. The molecule has 4 aromatic rings. The third-order valence-electron chi connectivity index (χ3n) is 5.01. The number of nitrogens with one attached hydrogen (secondary N) is 1. The van der Waals surface area contributed by atoms with Gasteiger partial charge in [-0.1, -0.05) is 17.7 Å². The monoisotopic (exact) mass is 412 g/mol. The Morgan fingerprint density at radius 1 is 1.45 bits per heavy atom. The number of aromatic amines is 1. The third kappa shape index (κ3) is 2.90. The lowest BCUT2D eigenvalue weighted by atomic mass is 9.99. The van der Waals surface area contributed by atoms with E-state index in [1.807, 2.05) is 30.5 Å². The van der Waals surface area contributed by atoms with Gasteiger partial charge in [-0.2, -0.15) is 10.1 Å². The first-order valence-corrected chi connectivity index (χ1v) is 9.52. The van der Waals surface area contributed by atoms with Crippen molar-refractivity contribution in [1.82, 2.24) is 29.5 Å². The molecule has 0 aliphatic carbocycles. The summed E-state index contributed by atoms with van der Waals surface area (Å²) in [4.78, 5) is 26.5. The van der Waals surface area contributed by atoms with Crippen LogP contribution in [0.1, 0.15) is 52.6 Å². The maximum atomic E-state index is 13.3. The fourth-order valence-electron chi connectivity index (χ4n) is 3.64. The van der Waals surface area contributed by atoms with Crippen molar-refractivity contribution in [2.45, 2.75) is 25.5 Å². The summed E-state index contributed by atoms with van der Waals surface area (Å²) >= 11 is 6.14. The van der Waals surface area contributed by atoms with E-state index in [2.05, 4.69) is 20.1 Å². The highest BCUT2D eigenvalue weighted by Crippen LogP contribution is 2.35. The molecule has 1 amide bonds. The molecule has 9 nitrogen and oxygen atoms in total. The summed E-state index contributed by atoms with van der Waals surface area (Å²) in [5, 5.41) is 14.3. The average Bonchev–Trinajstić information content (AvgIpc) is 3.43. The van der Waals surface area contributed by atoms with Crippen LogP contribution in [0.4, 0.5) is 0 Å². The zero-order valence-corrected chi connectivity index (χ0v) is 16.2. The number of nitrogens with zero attached hydrogens (tertiary/aromatic N) is 5. The van der Waals surface area contributed by atoms with Crippen molar-refractivity contribution < 1.29 is 14.3 Å². The number of pyridine rings is 1. The Labute approximate surface area is 169 Å². The van der Waals surface area contributed by atoms with Gasteiger partial charge in [-0.3, -0.25) is 4.79 Å². The Hall–Kier alpha value is -3.17. The van der Waals surface area contributed by atoms with Gasteiger partial charge in [0, 0.05) is 24.9 Å². The lowest BCUT2D eigenvalue weighted by molar-refractivity contribution is 0.0645. The number of hydrogen-bond acceptors (Lipinski definition) is 6. The molecule has 0 aromatic carbocycles. The molecule has 5 heterocycles. The second kappa shape index (κ2) is 6.71. The highest BCUT2D eigenvalue weighted by Gasteiger charge is 2.38. The van der Waals surface area contributed by atoms with Crippen molar-refractivity contribution in [2.24, 2.45) is 0 Å². The van der Waals surface area contributed by atoms with Crippen LogP contribution < -0.4 is 0 Å². The molecular formula is C19H17ClN6O3. The van der Waals surface area contributed by atoms with E-state index in [-0.39, 0.29) is 16.8 Å². The molecule has 10 heteroatoms. The first-order chi connectivity index (χ1) is 14.0. The summed E-state index contributed by atoms with van der Waals surface area (Å²) < 4.78 is 7.22. The standard InChI is InChI=1S/C19H17ClN6O3/c1-10(27)18-23-17(20)16(29-18)19(28)25-7-5-12-14(22-9-21-12)15(25)13-8-11-4-2-3-6-26(11)24-13/h2-4,6,8-10,15,27H,5,7H2,1H3,(H,21,22). The summed E-state index contributed by atoms with van der Waals surface area (Å²) in [6, 6.07) is 7.18. The predicted octanol–water partition coefficient (Wildman–Crippen LogP) is 2.54. The number of aromatic nitrogens is 5. The maximum Gasteiger partial charge on any atom is 0.293 e. The van der Waals surface area contributed by atoms with Crippen molar-refractivity contribution in [3.05, 3.63) is 70.7 Å². The predicted molar refractivity (Wildman–Crippen MR) is 103 cm³/mol. The van der Waals surface area contributed by atoms with E-state index in [1.165, 1.54) is 6.92 Å². The van der Waals surface area contributed by atoms with Crippen molar-refractivity contribution >= 4 is 23.0 Å². The fraction of sp³-hybridized carbons (Fsp3) is 0.263. The number of carbonyl (C=O) groups is 1. The maximum absolute atomic E-state index is 13.3. The third-order valence-corrected chi connectivity index (χ3v) is 5.27. The number of fused-ring (bicyclic) bond motifs is 2. The normalized spacial score (nSPS) is 17.5. The smallest absolute Gasteiger partial charge is 0.293 e. The first kappa shape index (κ1) is 17.9. The molecule has 0 bridgehead atoms. The zero-order valence-electron chi connectivity index (χ0n) is 15.4. The van der Waals surface area contributed by atoms with Crippen molar-refractivity contribution in [1.29, 1.82) is 0 Å². The zero-order chi connectivity index (χ0) is 20.1. The van der Waals surface area contributed by atoms with Crippen LogP contribution in [0.5, 0.6) is 0 Å². The van der Waals surface area contributed by atoms with Gasteiger partial charge in [0.25, 0.3) is 5.91 Å². The number of amides is 1. The molecule has 0 radical (unpaired) electrons. The molecule has 2 unspecified atom stereocenters. The van der Waals surface area contributed by atoms with E-state index in [1.54, 1.807) is 15.7 Å². The van der Waals surface area contributed by atoms with Crippen LogP contribution in [-0.2, 0) is 6.42 Å². The van der Waals surface area contributed by atoms with Gasteiger partial charge in [0.2, 0.25) is 11.7 Å². The van der Waals surface area contributed by atoms with Crippen molar-refractivity contribution in [3.8, 4) is 0 Å². The van der Waals surface area contributed by atoms with Crippen LogP contribution in [0.3, 0.4) is 0 Å². The molecule has 148 valence electrons. The van der Waals surface area contributed by atoms with E-state index >= 15 is 0 Å². The highest BCUT2D eigenvalue weighted by molar-refractivity contribution is 6.32. The summed E-state index contributed by atoms with van der Waals surface area (Å²) in [6.07, 6.45) is 3.11. The minimum absolute atomic E-state index is 0.0000908. The topological polar surface area (TPSA) is 113 Å². The number of imidazole rings is 1. The second-order valence-corrected chi connectivity index (χ2v) is 7.26. The average molecular weight is 413 g/mol. The molecule has 0 saturated carbocycles. The van der Waals surface area contributed by atoms with E-state index in [4.69, 9.17) is 16.0 Å². The summed E-state index contributed by atoms with van der Waals surface area (Å²) in [7, 11) is 0. The summed E-state index contributed by atoms with van der Waals surface area (Å²) in [5.74, 6) is -0.527. The van der Waals surface area contributed by atoms with Crippen LogP contribution >= 0.6 is 11.6 Å². The van der Waals surface area contributed by atoms with Gasteiger partial charge < -0.3 is 19.4 Å². The van der Waals surface area contributed by atoms with Gasteiger partial charge in [-0.25, -0.2) is 9.50 Å². The van der Waals surface area contributed by atoms with Gasteiger partial charge in [0.15, 0.2) is 5.15 Å². The number of rotatable bonds is 3. The van der Waals surface area contributed by atoms with E-state index in [0.717, 1.165) is 16.9 Å². The number of H-pyrrole nitrogens is 1. The van der Waals surface area contributed by atoms with Gasteiger partial charge in [0.1, 0.15) is 12.1 Å². The van der Waals surface area contributed by atoms with Crippen LogP contribution in [0.15, 0.2) is 41.2 Å². The number of aliphatic hydroxyl groups is 1. The summed E-state index contributed by atoms with van der Waals surface area (Å²) in [6.45, 7) is 1.92. The molecule has 29 heavy (non-hydrogen) atoms.